The van der Waals surface area contributed by atoms with E-state index >= 15 is 0 Å². The van der Waals surface area contributed by atoms with Gasteiger partial charge in [0.2, 0.25) is 0 Å². The Balaban J connectivity index is 1.95. The van der Waals surface area contributed by atoms with Gasteiger partial charge < -0.3 is 15.5 Å². The third-order valence-electron chi connectivity index (χ3n) is 4.63. The molecule has 0 aliphatic rings. The SMILES string of the molecule is Cc1cc(C)c(NC(=O)[C@@H](C)[NH+](C)CC(=O)Nc2ccc(Cl)cc2)c(C)c1. The van der Waals surface area contributed by atoms with E-state index in [0.29, 0.717) is 10.7 Å². The van der Waals surface area contributed by atoms with Crippen molar-refractivity contribution in [2.75, 3.05) is 24.2 Å². The number of anilines is 2. The molecule has 2 rings (SSSR count). The van der Waals surface area contributed by atoms with Crippen molar-refractivity contribution in [2.45, 2.75) is 33.7 Å². The molecule has 144 valence electrons. The maximum atomic E-state index is 12.6. The normalized spacial score (nSPS) is 13.0. The average Bonchev–Trinajstić information content (AvgIpc) is 2.59. The molecule has 0 saturated carbocycles. The lowest BCUT2D eigenvalue weighted by atomic mass is 10.0. The third-order valence-corrected chi connectivity index (χ3v) is 4.88. The van der Waals surface area contributed by atoms with Crippen LogP contribution in [0.3, 0.4) is 0 Å². The molecule has 0 aliphatic carbocycles. The van der Waals surface area contributed by atoms with Crippen molar-refractivity contribution in [3.8, 4) is 0 Å². The van der Waals surface area contributed by atoms with E-state index in [9.17, 15) is 9.59 Å². The molecular weight excluding hydrogens is 362 g/mol. The van der Waals surface area contributed by atoms with Gasteiger partial charge in [0.1, 0.15) is 0 Å². The molecule has 0 bridgehead atoms. The van der Waals surface area contributed by atoms with Crippen LogP contribution in [0.25, 0.3) is 0 Å². The monoisotopic (exact) mass is 388 g/mol. The number of hydrogen-bond donors (Lipinski definition) is 3. The van der Waals surface area contributed by atoms with E-state index in [4.69, 9.17) is 11.6 Å². The molecule has 27 heavy (non-hydrogen) atoms. The highest BCUT2D eigenvalue weighted by molar-refractivity contribution is 6.30. The van der Waals surface area contributed by atoms with Crippen LogP contribution < -0.4 is 15.5 Å². The summed E-state index contributed by atoms with van der Waals surface area (Å²) in [6.45, 7) is 8.00. The van der Waals surface area contributed by atoms with Gasteiger partial charge in [-0.15, -0.1) is 0 Å². The molecule has 5 nitrogen and oxygen atoms in total. The van der Waals surface area contributed by atoms with E-state index in [1.807, 2.05) is 46.9 Å². The van der Waals surface area contributed by atoms with Gasteiger partial charge >= 0.3 is 0 Å². The lowest BCUT2D eigenvalue weighted by molar-refractivity contribution is -0.885. The maximum absolute atomic E-state index is 12.6. The summed E-state index contributed by atoms with van der Waals surface area (Å²) in [6.07, 6.45) is 0. The van der Waals surface area contributed by atoms with Crippen molar-refractivity contribution in [2.24, 2.45) is 0 Å². The Morgan fingerprint density at radius 3 is 2.15 bits per heavy atom. The Morgan fingerprint density at radius 1 is 1.04 bits per heavy atom. The Morgan fingerprint density at radius 2 is 1.59 bits per heavy atom. The van der Waals surface area contributed by atoms with E-state index < -0.39 is 0 Å². The van der Waals surface area contributed by atoms with Crippen molar-refractivity contribution >= 4 is 34.8 Å². The second kappa shape index (κ2) is 9.02. The van der Waals surface area contributed by atoms with E-state index in [0.717, 1.165) is 27.3 Å². The van der Waals surface area contributed by atoms with Gasteiger partial charge in [-0.05, 0) is 63.1 Å². The van der Waals surface area contributed by atoms with Crippen LogP contribution in [0.2, 0.25) is 5.02 Å². The van der Waals surface area contributed by atoms with Crippen LogP contribution >= 0.6 is 11.6 Å². The number of benzene rings is 2. The number of quaternary nitrogens is 1. The number of hydrogen-bond acceptors (Lipinski definition) is 2. The van der Waals surface area contributed by atoms with Crippen LogP contribution in [0.5, 0.6) is 0 Å². The van der Waals surface area contributed by atoms with Gasteiger partial charge in [0, 0.05) is 16.4 Å². The number of likely N-dealkylation sites (N-methyl/N-ethyl adjacent to an activating group) is 1. The molecule has 0 heterocycles. The zero-order chi connectivity index (χ0) is 20.1. The van der Waals surface area contributed by atoms with Crippen molar-refractivity contribution in [3.05, 3.63) is 58.1 Å². The minimum atomic E-state index is -0.374. The molecule has 0 aliphatic heterocycles. The van der Waals surface area contributed by atoms with Crippen LogP contribution in [0.15, 0.2) is 36.4 Å². The topological polar surface area (TPSA) is 62.6 Å². The highest BCUT2D eigenvalue weighted by Crippen LogP contribution is 2.21. The lowest BCUT2D eigenvalue weighted by Crippen LogP contribution is -3.14. The van der Waals surface area contributed by atoms with Crippen molar-refractivity contribution in [1.29, 1.82) is 0 Å². The summed E-state index contributed by atoms with van der Waals surface area (Å²) in [4.78, 5) is 25.7. The van der Waals surface area contributed by atoms with Crippen molar-refractivity contribution in [3.63, 3.8) is 0 Å². The fraction of sp³-hybridized carbons (Fsp3) is 0.333. The van der Waals surface area contributed by atoms with Gasteiger partial charge in [-0.25, -0.2) is 0 Å². The fourth-order valence-electron chi connectivity index (χ4n) is 2.98. The second-order valence-electron chi connectivity index (χ2n) is 7.06. The Labute approximate surface area is 165 Å². The van der Waals surface area contributed by atoms with Crippen LogP contribution in [0.4, 0.5) is 11.4 Å². The van der Waals surface area contributed by atoms with Gasteiger partial charge in [0.15, 0.2) is 12.6 Å². The first kappa shape index (κ1) is 20.9. The molecule has 0 fully saturated rings. The van der Waals surface area contributed by atoms with E-state index in [1.54, 1.807) is 24.3 Å². The summed E-state index contributed by atoms with van der Waals surface area (Å²) < 4.78 is 0. The number of carbonyl (C=O) groups is 2. The minimum Gasteiger partial charge on any atom is -0.321 e. The van der Waals surface area contributed by atoms with Gasteiger partial charge in [-0.2, -0.15) is 0 Å². The van der Waals surface area contributed by atoms with Crippen LogP contribution in [0.1, 0.15) is 23.6 Å². The highest BCUT2D eigenvalue weighted by atomic mass is 35.5. The second-order valence-corrected chi connectivity index (χ2v) is 7.50. The number of halogens is 1. The third kappa shape index (κ3) is 5.81. The first-order valence-corrected chi connectivity index (χ1v) is 9.31. The number of carbonyl (C=O) groups excluding carboxylic acids is 2. The summed E-state index contributed by atoms with van der Waals surface area (Å²) in [5.41, 5.74) is 4.76. The van der Waals surface area contributed by atoms with Crippen LogP contribution in [0, 0.1) is 20.8 Å². The van der Waals surface area contributed by atoms with E-state index in [2.05, 4.69) is 10.6 Å². The van der Waals surface area contributed by atoms with Gasteiger partial charge in [0.05, 0.1) is 7.05 Å². The molecule has 2 aromatic rings. The average molecular weight is 389 g/mol. The van der Waals surface area contributed by atoms with Gasteiger partial charge in [-0.3, -0.25) is 9.59 Å². The molecule has 0 aromatic heterocycles. The first-order chi connectivity index (χ1) is 12.7. The molecule has 0 radical (unpaired) electrons. The summed E-state index contributed by atoms with van der Waals surface area (Å²) in [5.74, 6) is -0.265. The Kier molecular flexibility index (Phi) is 6.99. The molecule has 0 saturated heterocycles. The van der Waals surface area contributed by atoms with Crippen LogP contribution in [-0.4, -0.2) is 31.4 Å². The maximum Gasteiger partial charge on any atom is 0.282 e. The smallest absolute Gasteiger partial charge is 0.282 e. The Bertz CT molecular complexity index is 811. The Hall–Kier alpha value is -2.37. The molecule has 2 atom stereocenters. The molecule has 6 heteroatoms. The summed E-state index contributed by atoms with van der Waals surface area (Å²) in [7, 11) is 1.83. The van der Waals surface area contributed by atoms with Gasteiger partial charge in [0.25, 0.3) is 11.8 Å². The van der Waals surface area contributed by atoms with Gasteiger partial charge in [-0.1, -0.05) is 29.3 Å². The predicted octanol–water partition coefficient (Wildman–Crippen LogP) is 2.75. The zero-order valence-corrected chi connectivity index (χ0v) is 17.2. The standard InChI is InChI=1S/C21H26ClN3O2/c1-13-10-14(2)20(15(3)11-13)24-21(27)16(4)25(5)12-19(26)23-18-8-6-17(22)7-9-18/h6-11,16H,12H2,1-5H3,(H,23,26)(H,24,27)/p+1/t16-/m1/s1. The number of amides is 2. The molecular formula is C21H27ClN3O2+. The highest BCUT2D eigenvalue weighted by Gasteiger charge is 2.24. The van der Waals surface area contributed by atoms with E-state index in [1.165, 1.54) is 0 Å². The quantitative estimate of drug-likeness (QED) is 0.712. The molecule has 1 unspecified atom stereocenters. The lowest BCUT2D eigenvalue weighted by Gasteiger charge is -2.22. The molecule has 2 amide bonds. The predicted molar refractivity (Wildman–Crippen MR) is 111 cm³/mol. The van der Waals surface area contributed by atoms with E-state index in [-0.39, 0.29) is 24.4 Å². The summed E-state index contributed by atoms with van der Waals surface area (Å²) in [5, 5.41) is 6.44. The van der Waals surface area contributed by atoms with Crippen LogP contribution in [-0.2, 0) is 9.59 Å². The van der Waals surface area contributed by atoms with Crippen molar-refractivity contribution < 1.29 is 14.5 Å². The molecule has 0 spiro atoms. The molecule has 2 aromatic carbocycles. The zero-order valence-electron chi connectivity index (χ0n) is 16.4. The molecule has 3 N–H and O–H groups in total. The number of rotatable bonds is 6. The fourth-order valence-corrected chi connectivity index (χ4v) is 3.10. The number of nitrogens with one attached hydrogen (secondary N) is 3. The summed E-state index contributed by atoms with van der Waals surface area (Å²) in [6, 6.07) is 10.6. The largest absolute Gasteiger partial charge is 0.321 e. The minimum absolute atomic E-state index is 0.109. The number of aryl methyl sites for hydroxylation is 3. The summed E-state index contributed by atoms with van der Waals surface area (Å²) >= 11 is 5.84. The first-order valence-electron chi connectivity index (χ1n) is 8.94. The van der Waals surface area contributed by atoms with Crippen molar-refractivity contribution in [1.82, 2.24) is 0 Å².